The topological polar surface area (TPSA) is 114 Å². The summed E-state index contributed by atoms with van der Waals surface area (Å²) in [7, 11) is 1.54. The minimum Gasteiger partial charge on any atom is -0.497 e. The second-order valence-corrected chi connectivity index (χ2v) is 8.55. The molecule has 9 nitrogen and oxygen atoms in total. The van der Waals surface area contributed by atoms with E-state index in [-0.39, 0.29) is 34.5 Å². The lowest BCUT2D eigenvalue weighted by Crippen LogP contribution is -2.33. The zero-order chi connectivity index (χ0) is 27.2. The van der Waals surface area contributed by atoms with Crippen molar-refractivity contribution in [2.24, 2.45) is 0 Å². The SMILES string of the molecule is CCCOC(=O)c1ccccc1N1C(=O)C(Cl)=C(Nc2ccc(C(=O)Nc3cccc(OC)c3)cc2)C1=O. The summed E-state index contributed by atoms with van der Waals surface area (Å²) in [6.07, 6.45) is 0.623. The van der Waals surface area contributed by atoms with Crippen LogP contribution in [0.1, 0.15) is 34.1 Å². The average molecular weight is 534 g/mol. The molecule has 0 fully saturated rings. The fourth-order valence-corrected chi connectivity index (χ4v) is 3.91. The van der Waals surface area contributed by atoms with Gasteiger partial charge in [0.05, 0.1) is 25.0 Å². The first-order valence-electron chi connectivity index (χ1n) is 11.7. The van der Waals surface area contributed by atoms with E-state index in [9.17, 15) is 19.2 Å². The molecule has 0 aromatic heterocycles. The molecule has 2 N–H and O–H groups in total. The molecule has 194 valence electrons. The van der Waals surface area contributed by atoms with Crippen LogP contribution in [0.15, 0.2) is 83.5 Å². The first-order valence-corrected chi connectivity index (χ1v) is 12.1. The molecule has 0 bridgehead atoms. The molecule has 1 heterocycles. The first kappa shape index (κ1) is 26.4. The van der Waals surface area contributed by atoms with Crippen molar-refractivity contribution in [3.63, 3.8) is 0 Å². The van der Waals surface area contributed by atoms with Gasteiger partial charge in [0, 0.05) is 23.0 Å². The Morgan fingerprint density at radius 1 is 0.921 bits per heavy atom. The number of carbonyl (C=O) groups excluding carboxylic acids is 4. The van der Waals surface area contributed by atoms with E-state index in [1.54, 1.807) is 60.7 Å². The second kappa shape index (κ2) is 11.6. The van der Waals surface area contributed by atoms with E-state index in [1.165, 1.54) is 19.2 Å². The molecule has 0 spiro atoms. The highest BCUT2D eigenvalue weighted by Gasteiger charge is 2.40. The quantitative estimate of drug-likeness (QED) is 0.295. The van der Waals surface area contributed by atoms with Crippen molar-refractivity contribution < 1.29 is 28.7 Å². The Hall–Kier alpha value is -4.63. The lowest BCUT2D eigenvalue weighted by atomic mass is 10.1. The van der Waals surface area contributed by atoms with Crippen LogP contribution in [-0.4, -0.2) is 37.4 Å². The standard InChI is InChI=1S/C28H24ClN3O6/c1-3-15-38-28(36)21-9-4-5-10-22(21)32-26(34)23(29)24(27(32)35)30-18-13-11-17(12-14-18)25(33)31-19-7-6-8-20(16-19)37-2/h4-14,16,30H,3,15H2,1-2H3,(H,31,33). The third-order valence-corrected chi connectivity index (χ3v) is 5.92. The van der Waals surface area contributed by atoms with Gasteiger partial charge in [-0.2, -0.15) is 0 Å². The molecule has 38 heavy (non-hydrogen) atoms. The summed E-state index contributed by atoms with van der Waals surface area (Å²) in [5.74, 6) is -1.88. The molecular weight excluding hydrogens is 510 g/mol. The minimum atomic E-state index is -0.774. The summed E-state index contributed by atoms with van der Waals surface area (Å²) in [4.78, 5) is 52.1. The van der Waals surface area contributed by atoms with Crippen molar-refractivity contribution in [3.8, 4) is 5.75 Å². The average Bonchev–Trinajstić information content (AvgIpc) is 3.14. The number of rotatable bonds is 9. The Bertz CT molecular complexity index is 1430. The van der Waals surface area contributed by atoms with Gasteiger partial charge in [0.1, 0.15) is 16.5 Å². The van der Waals surface area contributed by atoms with E-state index in [0.717, 1.165) is 4.90 Å². The van der Waals surface area contributed by atoms with Gasteiger partial charge in [-0.25, -0.2) is 9.69 Å². The Morgan fingerprint density at radius 3 is 2.37 bits per heavy atom. The van der Waals surface area contributed by atoms with E-state index < -0.39 is 17.8 Å². The van der Waals surface area contributed by atoms with E-state index >= 15 is 0 Å². The van der Waals surface area contributed by atoms with E-state index in [4.69, 9.17) is 21.1 Å². The molecule has 0 saturated heterocycles. The highest BCUT2D eigenvalue weighted by atomic mass is 35.5. The molecule has 0 unspecified atom stereocenters. The molecule has 0 atom stereocenters. The monoisotopic (exact) mass is 533 g/mol. The molecule has 1 aliphatic rings. The van der Waals surface area contributed by atoms with Crippen LogP contribution in [0.4, 0.5) is 17.1 Å². The molecule has 0 saturated carbocycles. The third-order valence-electron chi connectivity index (χ3n) is 5.57. The smallest absolute Gasteiger partial charge is 0.340 e. The number of halogens is 1. The van der Waals surface area contributed by atoms with Crippen LogP contribution in [-0.2, 0) is 14.3 Å². The van der Waals surface area contributed by atoms with Gasteiger partial charge in [-0.05, 0) is 55.0 Å². The molecule has 3 aromatic rings. The summed E-state index contributed by atoms with van der Waals surface area (Å²) >= 11 is 6.24. The van der Waals surface area contributed by atoms with Gasteiger partial charge < -0.3 is 20.1 Å². The number of esters is 1. The second-order valence-electron chi connectivity index (χ2n) is 8.18. The van der Waals surface area contributed by atoms with E-state index in [2.05, 4.69) is 10.6 Å². The summed E-state index contributed by atoms with van der Waals surface area (Å²) in [5, 5.41) is 5.31. The van der Waals surface area contributed by atoms with Crippen molar-refractivity contribution in [1.29, 1.82) is 0 Å². The first-order chi connectivity index (χ1) is 18.3. The maximum Gasteiger partial charge on any atom is 0.340 e. The Kier molecular flexibility index (Phi) is 8.08. The molecule has 4 rings (SSSR count). The zero-order valence-electron chi connectivity index (χ0n) is 20.6. The molecular formula is C28H24ClN3O6. The van der Waals surface area contributed by atoms with E-state index in [1.807, 2.05) is 6.92 Å². The van der Waals surface area contributed by atoms with Gasteiger partial charge in [0.2, 0.25) is 0 Å². The van der Waals surface area contributed by atoms with Crippen molar-refractivity contribution in [2.75, 3.05) is 29.3 Å². The zero-order valence-corrected chi connectivity index (χ0v) is 21.4. The Balaban J connectivity index is 1.49. The number of nitrogens with zero attached hydrogens (tertiary/aromatic N) is 1. The lowest BCUT2D eigenvalue weighted by molar-refractivity contribution is -0.120. The normalized spacial score (nSPS) is 13.0. The molecule has 10 heteroatoms. The number of ether oxygens (including phenoxy) is 2. The number of imide groups is 1. The summed E-state index contributed by atoms with van der Waals surface area (Å²) in [6.45, 7) is 2.06. The number of carbonyl (C=O) groups is 4. The highest BCUT2D eigenvalue weighted by Crippen LogP contribution is 2.32. The van der Waals surface area contributed by atoms with Crippen LogP contribution in [0.25, 0.3) is 0 Å². The summed E-state index contributed by atoms with van der Waals surface area (Å²) < 4.78 is 10.4. The van der Waals surface area contributed by atoms with Crippen molar-refractivity contribution in [2.45, 2.75) is 13.3 Å². The predicted molar refractivity (Wildman–Crippen MR) is 143 cm³/mol. The van der Waals surface area contributed by atoms with Crippen LogP contribution in [0.2, 0.25) is 0 Å². The molecule has 0 aliphatic carbocycles. The molecule has 3 amide bonds. The maximum atomic E-state index is 13.2. The summed E-state index contributed by atoms with van der Waals surface area (Å²) in [5.41, 5.74) is 1.36. The molecule has 1 aliphatic heterocycles. The van der Waals surface area contributed by atoms with Gasteiger partial charge in [0.25, 0.3) is 17.7 Å². The fourth-order valence-electron chi connectivity index (χ4n) is 3.70. The van der Waals surface area contributed by atoms with Crippen LogP contribution < -0.4 is 20.3 Å². The van der Waals surface area contributed by atoms with E-state index in [0.29, 0.717) is 29.1 Å². The summed E-state index contributed by atoms with van der Waals surface area (Å²) in [6, 6.07) is 19.4. The van der Waals surface area contributed by atoms with Crippen molar-refractivity contribution in [1.82, 2.24) is 0 Å². The number of nitrogens with one attached hydrogen (secondary N) is 2. The number of para-hydroxylation sites is 1. The third kappa shape index (κ3) is 5.52. The van der Waals surface area contributed by atoms with Gasteiger partial charge in [-0.3, -0.25) is 14.4 Å². The number of anilines is 3. The largest absolute Gasteiger partial charge is 0.497 e. The maximum absolute atomic E-state index is 13.2. The lowest BCUT2D eigenvalue weighted by Gasteiger charge is -2.18. The number of hydrogen-bond acceptors (Lipinski definition) is 7. The van der Waals surface area contributed by atoms with Crippen molar-refractivity contribution >= 4 is 52.4 Å². The van der Waals surface area contributed by atoms with Crippen LogP contribution in [0.5, 0.6) is 5.75 Å². The molecule has 0 radical (unpaired) electrons. The molecule has 3 aromatic carbocycles. The number of benzene rings is 3. The number of methoxy groups -OCH3 is 1. The van der Waals surface area contributed by atoms with Gasteiger partial charge >= 0.3 is 5.97 Å². The number of amides is 3. The van der Waals surface area contributed by atoms with Crippen molar-refractivity contribution in [3.05, 3.63) is 94.7 Å². The number of hydrogen-bond donors (Lipinski definition) is 2. The van der Waals surface area contributed by atoms with Crippen LogP contribution >= 0.6 is 11.6 Å². The minimum absolute atomic E-state index is 0.0692. The fraction of sp³-hybridized carbons (Fsp3) is 0.143. The predicted octanol–water partition coefficient (Wildman–Crippen LogP) is 4.95. The van der Waals surface area contributed by atoms with Gasteiger partial charge in [0.15, 0.2) is 0 Å². The Morgan fingerprint density at radius 2 is 1.66 bits per heavy atom. The highest BCUT2D eigenvalue weighted by molar-refractivity contribution is 6.53. The van der Waals surface area contributed by atoms with Gasteiger partial charge in [-0.15, -0.1) is 0 Å². The van der Waals surface area contributed by atoms with Crippen LogP contribution in [0.3, 0.4) is 0 Å². The Labute approximate surface area is 224 Å². The van der Waals surface area contributed by atoms with Gasteiger partial charge in [-0.1, -0.05) is 36.7 Å². The van der Waals surface area contributed by atoms with Crippen LogP contribution in [0, 0.1) is 0 Å².